The van der Waals surface area contributed by atoms with Crippen molar-refractivity contribution in [2.45, 2.75) is 20.3 Å². The highest BCUT2D eigenvalue weighted by Crippen LogP contribution is 2.50. The molecule has 0 spiro atoms. The van der Waals surface area contributed by atoms with E-state index in [0.29, 0.717) is 6.61 Å². The Morgan fingerprint density at radius 3 is 2.82 bits per heavy atom. The third kappa shape index (κ3) is 1.79. The van der Waals surface area contributed by atoms with E-state index in [4.69, 9.17) is 4.74 Å². The fraction of sp³-hybridized carbons (Fsp3) is 0.750. The van der Waals surface area contributed by atoms with Gasteiger partial charge in [0.2, 0.25) is 0 Å². The van der Waals surface area contributed by atoms with Crippen molar-refractivity contribution >= 4 is 12.3 Å². The summed E-state index contributed by atoms with van der Waals surface area (Å²) >= 11 is 0. The highest BCUT2D eigenvalue weighted by molar-refractivity contribution is 5.66. The van der Waals surface area contributed by atoms with Gasteiger partial charge in [0, 0.05) is 18.3 Å². The number of rotatable bonds is 3. The van der Waals surface area contributed by atoms with Crippen molar-refractivity contribution in [2.24, 2.45) is 11.3 Å². The lowest BCUT2D eigenvalue weighted by Gasteiger charge is -2.07. The van der Waals surface area contributed by atoms with Crippen LogP contribution in [-0.2, 0) is 14.3 Å². The lowest BCUT2D eigenvalue weighted by Crippen LogP contribution is -2.12. The van der Waals surface area contributed by atoms with E-state index in [0.717, 1.165) is 12.7 Å². The maximum atomic E-state index is 10.4. The zero-order valence-corrected chi connectivity index (χ0v) is 6.79. The van der Waals surface area contributed by atoms with Gasteiger partial charge in [-0.25, -0.2) is 0 Å². The molecule has 1 saturated carbocycles. The van der Waals surface area contributed by atoms with Crippen LogP contribution in [0.3, 0.4) is 0 Å². The van der Waals surface area contributed by atoms with Crippen LogP contribution in [0, 0.1) is 11.3 Å². The van der Waals surface area contributed by atoms with Gasteiger partial charge in [-0.3, -0.25) is 4.79 Å². The molecule has 11 heavy (non-hydrogen) atoms. The Morgan fingerprint density at radius 1 is 1.82 bits per heavy atom. The van der Waals surface area contributed by atoms with Gasteiger partial charge >= 0.3 is 5.97 Å². The molecule has 0 heterocycles. The van der Waals surface area contributed by atoms with Gasteiger partial charge in [0.05, 0.1) is 6.61 Å². The van der Waals surface area contributed by atoms with E-state index in [9.17, 15) is 9.59 Å². The standard InChI is InChI=1S/C8H12O3/c1-6(10)11-5-8(2)3-7(8)4-9/h4,7H,3,5H2,1-2H3. The van der Waals surface area contributed by atoms with E-state index in [1.807, 2.05) is 6.92 Å². The Labute approximate surface area is 65.7 Å². The van der Waals surface area contributed by atoms with Gasteiger partial charge in [0.25, 0.3) is 0 Å². The summed E-state index contributed by atoms with van der Waals surface area (Å²) in [7, 11) is 0. The molecule has 1 fully saturated rings. The molecule has 1 rings (SSSR count). The van der Waals surface area contributed by atoms with E-state index < -0.39 is 0 Å². The van der Waals surface area contributed by atoms with Crippen molar-refractivity contribution in [2.75, 3.05) is 6.61 Å². The van der Waals surface area contributed by atoms with Crippen molar-refractivity contribution < 1.29 is 14.3 Å². The van der Waals surface area contributed by atoms with Gasteiger partial charge in [-0.05, 0) is 6.42 Å². The Bertz CT molecular complexity index is 188. The molecule has 3 heteroatoms. The van der Waals surface area contributed by atoms with E-state index in [-0.39, 0.29) is 17.3 Å². The highest BCUT2D eigenvalue weighted by atomic mass is 16.5. The van der Waals surface area contributed by atoms with Gasteiger partial charge in [-0.2, -0.15) is 0 Å². The quantitative estimate of drug-likeness (QED) is 0.448. The highest BCUT2D eigenvalue weighted by Gasteiger charge is 2.50. The zero-order valence-electron chi connectivity index (χ0n) is 6.79. The molecule has 0 aromatic carbocycles. The summed E-state index contributed by atoms with van der Waals surface area (Å²) in [5.41, 5.74) is -0.0621. The number of aldehydes is 1. The largest absolute Gasteiger partial charge is 0.465 e. The Balaban J connectivity index is 2.28. The van der Waals surface area contributed by atoms with Crippen LogP contribution in [0.15, 0.2) is 0 Å². The van der Waals surface area contributed by atoms with Crippen LogP contribution in [-0.4, -0.2) is 18.9 Å². The van der Waals surface area contributed by atoms with Crippen molar-refractivity contribution in [3.05, 3.63) is 0 Å². The number of carbonyl (C=O) groups is 2. The molecule has 3 nitrogen and oxygen atoms in total. The summed E-state index contributed by atoms with van der Waals surface area (Å²) in [6.45, 7) is 3.71. The van der Waals surface area contributed by atoms with Gasteiger partial charge in [0.1, 0.15) is 6.29 Å². The van der Waals surface area contributed by atoms with Gasteiger partial charge in [-0.15, -0.1) is 0 Å². The molecule has 0 aliphatic heterocycles. The van der Waals surface area contributed by atoms with Gasteiger partial charge in [0.15, 0.2) is 0 Å². The van der Waals surface area contributed by atoms with Crippen LogP contribution in [0.5, 0.6) is 0 Å². The molecule has 0 bridgehead atoms. The molecule has 0 N–H and O–H groups in total. The molecule has 2 unspecified atom stereocenters. The minimum atomic E-state index is -0.275. The number of carbonyl (C=O) groups excluding carboxylic acids is 2. The summed E-state index contributed by atoms with van der Waals surface area (Å²) in [6.07, 6.45) is 1.78. The van der Waals surface area contributed by atoms with Gasteiger partial charge < -0.3 is 9.53 Å². The molecular weight excluding hydrogens is 144 g/mol. The number of esters is 1. The van der Waals surface area contributed by atoms with Crippen LogP contribution in [0.25, 0.3) is 0 Å². The molecule has 62 valence electrons. The third-order valence-corrected chi connectivity index (χ3v) is 2.19. The molecule has 0 radical (unpaired) electrons. The number of hydrogen-bond acceptors (Lipinski definition) is 3. The van der Waals surface area contributed by atoms with E-state index in [2.05, 4.69) is 0 Å². The fourth-order valence-electron chi connectivity index (χ4n) is 1.09. The first kappa shape index (κ1) is 8.24. The van der Waals surface area contributed by atoms with Crippen molar-refractivity contribution in [1.82, 2.24) is 0 Å². The molecule has 0 aromatic rings. The Hall–Kier alpha value is -0.860. The first-order valence-electron chi connectivity index (χ1n) is 3.67. The molecule has 0 saturated heterocycles. The summed E-state index contributed by atoms with van der Waals surface area (Å²) < 4.78 is 4.80. The number of ether oxygens (including phenoxy) is 1. The second kappa shape index (κ2) is 2.64. The average Bonchev–Trinajstić information content (AvgIpc) is 2.59. The van der Waals surface area contributed by atoms with Crippen molar-refractivity contribution in [3.63, 3.8) is 0 Å². The smallest absolute Gasteiger partial charge is 0.302 e. The van der Waals surface area contributed by atoms with Crippen LogP contribution in [0.2, 0.25) is 0 Å². The van der Waals surface area contributed by atoms with Crippen LogP contribution < -0.4 is 0 Å². The predicted molar refractivity (Wildman–Crippen MR) is 38.9 cm³/mol. The minimum absolute atomic E-state index is 0.0621. The predicted octanol–water partition coefficient (Wildman–Crippen LogP) is 0.775. The molecule has 1 aliphatic rings. The second-order valence-electron chi connectivity index (χ2n) is 3.38. The number of hydrogen-bond donors (Lipinski definition) is 0. The Kier molecular flexibility index (Phi) is 1.98. The van der Waals surface area contributed by atoms with Crippen LogP contribution >= 0.6 is 0 Å². The lowest BCUT2D eigenvalue weighted by molar-refractivity contribution is -0.143. The van der Waals surface area contributed by atoms with Gasteiger partial charge in [-0.1, -0.05) is 6.92 Å². The average molecular weight is 156 g/mol. The van der Waals surface area contributed by atoms with Crippen LogP contribution in [0.1, 0.15) is 20.3 Å². The first-order valence-corrected chi connectivity index (χ1v) is 3.67. The third-order valence-electron chi connectivity index (χ3n) is 2.19. The summed E-state index contributed by atoms with van der Waals surface area (Å²) in [5.74, 6) is -0.176. The maximum Gasteiger partial charge on any atom is 0.302 e. The maximum absolute atomic E-state index is 10.4. The van der Waals surface area contributed by atoms with Crippen molar-refractivity contribution in [3.8, 4) is 0 Å². The SMILES string of the molecule is CC(=O)OCC1(C)CC1C=O. The topological polar surface area (TPSA) is 43.4 Å². The lowest BCUT2D eigenvalue weighted by atomic mass is 10.1. The summed E-state index contributed by atoms with van der Waals surface area (Å²) in [6, 6.07) is 0. The molecular formula is C8H12O3. The van der Waals surface area contributed by atoms with E-state index in [1.165, 1.54) is 6.92 Å². The van der Waals surface area contributed by atoms with E-state index >= 15 is 0 Å². The molecule has 2 atom stereocenters. The fourth-order valence-corrected chi connectivity index (χ4v) is 1.09. The molecule has 1 aliphatic carbocycles. The van der Waals surface area contributed by atoms with Crippen molar-refractivity contribution in [1.29, 1.82) is 0 Å². The Morgan fingerprint density at radius 2 is 2.45 bits per heavy atom. The zero-order chi connectivity index (χ0) is 8.48. The minimum Gasteiger partial charge on any atom is -0.465 e. The normalized spacial score (nSPS) is 34.5. The second-order valence-corrected chi connectivity index (χ2v) is 3.38. The first-order chi connectivity index (χ1) is 5.08. The van der Waals surface area contributed by atoms with Crippen LogP contribution in [0.4, 0.5) is 0 Å². The molecule has 0 amide bonds. The summed E-state index contributed by atoms with van der Waals surface area (Å²) in [4.78, 5) is 20.7. The monoisotopic (exact) mass is 156 g/mol. The summed E-state index contributed by atoms with van der Waals surface area (Å²) in [5, 5.41) is 0. The molecule has 0 aromatic heterocycles. The van der Waals surface area contributed by atoms with E-state index in [1.54, 1.807) is 0 Å².